The van der Waals surface area contributed by atoms with Gasteiger partial charge in [-0.05, 0) is 50.6 Å². The first kappa shape index (κ1) is 15.1. The van der Waals surface area contributed by atoms with Gasteiger partial charge in [-0.3, -0.25) is 4.90 Å². The molecule has 0 saturated carbocycles. The van der Waals surface area contributed by atoms with Crippen molar-refractivity contribution in [3.63, 3.8) is 0 Å². The number of benzene rings is 1. The Morgan fingerprint density at radius 3 is 2.33 bits per heavy atom. The van der Waals surface area contributed by atoms with Gasteiger partial charge in [0.2, 0.25) is 0 Å². The molecule has 0 amide bonds. The molecule has 102 valence electrons. The van der Waals surface area contributed by atoms with E-state index in [1.807, 2.05) is 12.1 Å². The molecule has 2 nitrogen and oxygen atoms in total. The predicted octanol–water partition coefficient (Wildman–Crippen LogP) is 2.74. The highest BCUT2D eigenvalue weighted by Gasteiger charge is 2.28. The third-order valence-electron chi connectivity index (χ3n) is 3.77. The van der Waals surface area contributed by atoms with Crippen LogP contribution in [0.25, 0.3) is 0 Å². The Bertz CT molecular complexity index is 388. The van der Waals surface area contributed by atoms with Crippen LogP contribution in [0.1, 0.15) is 31.9 Å². The summed E-state index contributed by atoms with van der Waals surface area (Å²) in [4.78, 5) is 2.37. The minimum Gasteiger partial charge on any atom is -0.329 e. The Labute approximate surface area is 110 Å². The number of nitrogens with zero attached hydrogens (tertiary/aromatic N) is 1. The first-order valence-electron chi connectivity index (χ1n) is 6.67. The summed E-state index contributed by atoms with van der Waals surface area (Å²) in [6.07, 6.45) is 0.853. The highest BCUT2D eigenvalue weighted by molar-refractivity contribution is 5.25. The highest BCUT2D eigenvalue weighted by Crippen LogP contribution is 2.21. The fourth-order valence-corrected chi connectivity index (χ4v) is 2.56. The standard InChI is InChI=1S/C15H25FN2/c1-5-18(6-2)15(4,11-17)10-13-7-8-14(16)12(3)9-13/h7-9H,5-6,10-11,17H2,1-4H3. The average molecular weight is 252 g/mol. The van der Waals surface area contributed by atoms with Gasteiger partial charge in [-0.25, -0.2) is 4.39 Å². The molecule has 0 aliphatic carbocycles. The van der Waals surface area contributed by atoms with Crippen molar-refractivity contribution < 1.29 is 4.39 Å². The second kappa shape index (κ2) is 6.30. The molecular weight excluding hydrogens is 227 g/mol. The number of nitrogens with two attached hydrogens (primary N) is 1. The van der Waals surface area contributed by atoms with Crippen LogP contribution in [0.3, 0.4) is 0 Å². The third kappa shape index (κ3) is 3.30. The topological polar surface area (TPSA) is 29.3 Å². The van der Waals surface area contributed by atoms with Crippen LogP contribution in [-0.4, -0.2) is 30.1 Å². The van der Waals surface area contributed by atoms with E-state index in [2.05, 4.69) is 25.7 Å². The van der Waals surface area contributed by atoms with Gasteiger partial charge in [-0.15, -0.1) is 0 Å². The van der Waals surface area contributed by atoms with Crippen molar-refractivity contribution in [3.8, 4) is 0 Å². The van der Waals surface area contributed by atoms with E-state index >= 15 is 0 Å². The molecule has 1 atom stereocenters. The maximum Gasteiger partial charge on any atom is 0.126 e. The third-order valence-corrected chi connectivity index (χ3v) is 3.77. The van der Waals surface area contributed by atoms with Crippen molar-refractivity contribution >= 4 is 0 Å². The van der Waals surface area contributed by atoms with Crippen molar-refractivity contribution in [1.29, 1.82) is 0 Å². The van der Waals surface area contributed by atoms with E-state index in [-0.39, 0.29) is 11.4 Å². The van der Waals surface area contributed by atoms with Crippen molar-refractivity contribution in [2.24, 2.45) is 5.73 Å². The molecule has 1 aromatic carbocycles. The molecule has 0 saturated heterocycles. The fraction of sp³-hybridized carbons (Fsp3) is 0.600. The number of halogens is 1. The van der Waals surface area contributed by atoms with Gasteiger partial charge in [0, 0.05) is 12.1 Å². The lowest BCUT2D eigenvalue weighted by Gasteiger charge is -2.40. The molecular formula is C15H25FN2. The summed E-state index contributed by atoms with van der Waals surface area (Å²) in [5, 5.41) is 0. The minimum atomic E-state index is -0.143. The van der Waals surface area contributed by atoms with Crippen molar-refractivity contribution in [2.45, 2.75) is 39.7 Å². The van der Waals surface area contributed by atoms with Crippen LogP contribution >= 0.6 is 0 Å². The maximum absolute atomic E-state index is 13.3. The van der Waals surface area contributed by atoms with Gasteiger partial charge in [-0.1, -0.05) is 26.0 Å². The monoisotopic (exact) mass is 252 g/mol. The summed E-state index contributed by atoms with van der Waals surface area (Å²) >= 11 is 0. The number of aryl methyl sites for hydroxylation is 1. The Hall–Kier alpha value is -0.930. The van der Waals surface area contributed by atoms with Crippen LogP contribution in [0, 0.1) is 12.7 Å². The molecule has 3 heteroatoms. The van der Waals surface area contributed by atoms with E-state index in [1.165, 1.54) is 0 Å². The Morgan fingerprint density at radius 2 is 1.89 bits per heavy atom. The molecule has 0 spiro atoms. The molecule has 0 heterocycles. The van der Waals surface area contributed by atoms with E-state index in [0.717, 1.165) is 25.1 Å². The molecule has 0 fully saturated rings. The smallest absolute Gasteiger partial charge is 0.126 e. The highest BCUT2D eigenvalue weighted by atomic mass is 19.1. The zero-order chi connectivity index (χ0) is 13.8. The summed E-state index contributed by atoms with van der Waals surface area (Å²) in [6.45, 7) is 10.8. The normalized spacial score (nSPS) is 14.8. The van der Waals surface area contributed by atoms with Gasteiger partial charge in [0.05, 0.1) is 0 Å². The summed E-state index contributed by atoms with van der Waals surface area (Å²) in [5.74, 6) is -0.143. The van der Waals surface area contributed by atoms with Crippen molar-refractivity contribution in [1.82, 2.24) is 4.90 Å². The molecule has 1 aromatic rings. The molecule has 0 radical (unpaired) electrons. The Balaban J connectivity index is 2.94. The van der Waals surface area contributed by atoms with Gasteiger partial charge in [-0.2, -0.15) is 0 Å². The number of hydrogen-bond acceptors (Lipinski definition) is 2. The number of likely N-dealkylation sites (N-methyl/N-ethyl adjacent to an activating group) is 1. The summed E-state index contributed by atoms with van der Waals surface area (Å²) < 4.78 is 13.3. The predicted molar refractivity (Wildman–Crippen MR) is 75.2 cm³/mol. The molecule has 0 aliphatic rings. The summed E-state index contributed by atoms with van der Waals surface area (Å²) in [7, 11) is 0. The van der Waals surface area contributed by atoms with Crippen LogP contribution in [0.5, 0.6) is 0 Å². The SMILES string of the molecule is CCN(CC)C(C)(CN)Cc1ccc(F)c(C)c1. The van der Waals surface area contributed by atoms with E-state index in [9.17, 15) is 4.39 Å². The largest absolute Gasteiger partial charge is 0.329 e. The van der Waals surface area contributed by atoms with E-state index < -0.39 is 0 Å². The quantitative estimate of drug-likeness (QED) is 0.843. The Morgan fingerprint density at radius 1 is 1.28 bits per heavy atom. The molecule has 0 aliphatic heterocycles. The van der Waals surface area contributed by atoms with Gasteiger partial charge in [0.15, 0.2) is 0 Å². The van der Waals surface area contributed by atoms with E-state index in [0.29, 0.717) is 12.1 Å². The molecule has 0 aromatic heterocycles. The zero-order valence-corrected chi connectivity index (χ0v) is 12.0. The summed E-state index contributed by atoms with van der Waals surface area (Å²) in [6, 6.07) is 5.33. The van der Waals surface area contributed by atoms with Gasteiger partial charge < -0.3 is 5.73 Å². The van der Waals surface area contributed by atoms with Gasteiger partial charge >= 0.3 is 0 Å². The maximum atomic E-state index is 13.3. The van der Waals surface area contributed by atoms with Crippen molar-refractivity contribution in [3.05, 3.63) is 35.1 Å². The molecule has 1 rings (SSSR count). The first-order valence-corrected chi connectivity index (χ1v) is 6.67. The molecule has 1 unspecified atom stereocenters. The van der Waals surface area contributed by atoms with E-state index in [4.69, 9.17) is 5.73 Å². The van der Waals surface area contributed by atoms with Crippen molar-refractivity contribution in [2.75, 3.05) is 19.6 Å². The van der Waals surface area contributed by atoms with Gasteiger partial charge in [0.1, 0.15) is 5.82 Å². The summed E-state index contributed by atoms with van der Waals surface area (Å²) in [5.41, 5.74) is 7.74. The first-order chi connectivity index (χ1) is 8.46. The number of rotatable bonds is 6. The molecule has 18 heavy (non-hydrogen) atoms. The van der Waals surface area contributed by atoms with Crippen LogP contribution in [0.4, 0.5) is 4.39 Å². The molecule has 2 N–H and O–H groups in total. The lowest BCUT2D eigenvalue weighted by atomic mass is 9.90. The average Bonchev–Trinajstić information content (AvgIpc) is 2.35. The van der Waals surface area contributed by atoms with Crippen LogP contribution < -0.4 is 5.73 Å². The molecule has 0 bridgehead atoms. The number of hydrogen-bond donors (Lipinski definition) is 1. The second-order valence-corrected chi connectivity index (χ2v) is 5.13. The van der Waals surface area contributed by atoms with E-state index in [1.54, 1.807) is 13.0 Å². The van der Waals surface area contributed by atoms with Gasteiger partial charge in [0.25, 0.3) is 0 Å². The lowest BCUT2D eigenvalue weighted by molar-refractivity contribution is 0.124. The second-order valence-electron chi connectivity index (χ2n) is 5.13. The van der Waals surface area contributed by atoms with Crippen LogP contribution in [-0.2, 0) is 6.42 Å². The van der Waals surface area contributed by atoms with Crippen LogP contribution in [0.2, 0.25) is 0 Å². The zero-order valence-electron chi connectivity index (χ0n) is 12.0. The Kier molecular flexibility index (Phi) is 5.29. The van der Waals surface area contributed by atoms with Crippen LogP contribution in [0.15, 0.2) is 18.2 Å². The lowest BCUT2D eigenvalue weighted by Crippen LogP contribution is -2.53. The minimum absolute atomic E-state index is 0.0617. The fourth-order valence-electron chi connectivity index (χ4n) is 2.56.